The predicted molar refractivity (Wildman–Crippen MR) is 115 cm³/mol. The van der Waals surface area contributed by atoms with Crippen molar-refractivity contribution in [1.29, 1.82) is 0 Å². The SMILES string of the molecule is CCC(OC)C1=C(C(=O)OC)N2CC(NC(=O)/C(=N\OC)c3csc(N)n3)C2SC1. The minimum atomic E-state index is -0.412. The molecule has 3 rings (SSSR count). The molecule has 3 heterocycles. The third kappa shape index (κ3) is 4.25. The first-order valence-electron chi connectivity index (χ1n) is 9.30. The van der Waals surface area contributed by atoms with Crippen molar-refractivity contribution in [1.82, 2.24) is 15.2 Å². The highest BCUT2D eigenvalue weighted by atomic mass is 32.2. The number of anilines is 1. The lowest BCUT2D eigenvalue weighted by molar-refractivity contribution is -0.139. The molecule has 0 bridgehead atoms. The van der Waals surface area contributed by atoms with E-state index in [2.05, 4.69) is 15.5 Å². The highest BCUT2D eigenvalue weighted by Crippen LogP contribution is 2.41. The Morgan fingerprint density at radius 2 is 2.20 bits per heavy atom. The van der Waals surface area contributed by atoms with Gasteiger partial charge in [0.15, 0.2) is 10.8 Å². The number of carbonyl (C=O) groups excluding carboxylic acids is 2. The van der Waals surface area contributed by atoms with E-state index >= 15 is 0 Å². The van der Waals surface area contributed by atoms with Crippen LogP contribution < -0.4 is 11.1 Å². The molecule has 12 heteroatoms. The zero-order valence-corrected chi connectivity index (χ0v) is 18.8. The van der Waals surface area contributed by atoms with Crippen LogP contribution in [0.1, 0.15) is 19.0 Å². The molecule has 0 saturated carbocycles. The van der Waals surface area contributed by atoms with Crippen molar-refractivity contribution in [3.05, 3.63) is 22.3 Å². The maximum Gasteiger partial charge on any atom is 0.354 e. The summed E-state index contributed by atoms with van der Waals surface area (Å²) in [5, 5.41) is 8.67. The lowest BCUT2D eigenvalue weighted by atomic mass is 10.00. The minimum Gasteiger partial charge on any atom is -0.464 e. The third-order valence-corrected chi connectivity index (χ3v) is 7.02. The molecule has 2 aliphatic rings. The first-order chi connectivity index (χ1) is 14.4. The van der Waals surface area contributed by atoms with Gasteiger partial charge >= 0.3 is 5.97 Å². The number of rotatable bonds is 8. The number of methoxy groups -OCH3 is 2. The van der Waals surface area contributed by atoms with Crippen LogP contribution in [0.2, 0.25) is 0 Å². The van der Waals surface area contributed by atoms with Crippen molar-refractivity contribution in [3.63, 3.8) is 0 Å². The van der Waals surface area contributed by atoms with Gasteiger partial charge in [-0.05, 0) is 12.0 Å². The Bertz CT molecular complexity index is 867. The van der Waals surface area contributed by atoms with Crippen LogP contribution in [0.5, 0.6) is 0 Å². The van der Waals surface area contributed by atoms with Gasteiger partial charge in [0.05, 0.1) is 24.6 Å². The molecule has 0 aromatic carbocycles. The summed E-state index contributed by atoms with van der Waals surface area (Å²) in [7, 11) is 4.36. The quantitative estimate of drug-likeness (QED) is 0.332. The van der Waals surface area contributed by atoms with Crippen molar-refractivity contribution >= 4 is 45.8 Å². The highest BCUT2D eigenvalue weighted by Gasteiger charge is 2.48. The zero-order chi connectivity index (χ0) is 21.8. The lowest BCUT2D eigenvalue weighted by Gasteiger charge is -2.52. The van der Waals surface area contributed by atoms with Gasteiger partial charge in [-0.25, -0.2) is 9.78 Å². The number of fused-ring (bicyclic) bond motifs is 1. The molecule has 3 unspecified atom stereocenters. The Hall–Kier alpha value is -2.31. The second-order valence-electron chi connectivity index (χ2n) is 6.63. The fourth-order valence-corrected chi connectivity index (χ4v) is 5.51. The third-order valence-electron chi connectivity index (χ3n) is 4.95. The number of amides is 1. The predicted octanol–water partition coefficient (Wildman–Crippen LogP) is 0.801. The molecule has 10 nitrogen and oxygen atoms in total. The van der Waals surface area contributed by atoms with Crippen LogP contribution in [-0.2, 0) is 23.9 Å². The standard InChI is InChI=1S/C18H25N5O5S2/c1-5-12(26-2)9-7-29-16-10(6-23(16)14(9)17(25)27-3)20-15(24)13(22-28-4)11-8-30-18(19)21-11/h8,10,12,16H,5-7H2,1-4H3,(H2,19,21)(H,20,24)/b22-13-. The fourth-order valence-electron chi connectivity index (χ4n) is 3.53. The van der Waals surface area contributed by atoms with Gasteiger partial charge in [-0.1, -0.05) is 12.1 Å². The summed E-state index contributed by atoms with van der Waals surface area (Å²) >= 11 is 2.86. The van der Waals surface area contributed by atoms with Gasteiger partial charge in [0.25, 0.3) is 5.91 Å². The average Bonchev–Trinajstić information content (AvgIpc) is 3.16. The molecule has 3 atom stereocenters. The number of esters is 1. The van der Waals surface area contributed by atoms with Gasteiger partial charge in [-0.3, -0.25) is 4.79 Å². The number of nitrogens with zero attached hydrogens (tertiary/aromatic N) is 3. The van der Waals surface area contributed by atoms with Crippen molar-refractivity contribution in [2.45, 2.75) is 30.9 Å². The normalized spacial score (nSPS) is 22.1. The number of nitrogens with one attached hydrogen (secondary N) is 1. The number of thiazole rings is 1. The largest absolute Gasteiger partial charge is 0.464 e. The van der Waals surface area contributed by atoms with E-state index in [1.807, 2.05) is 11.8 Å². The molecular weight excluding hydrogens is 430 g/mol. The molecule has 1 aromatic heterocycles. The highest BCUT2D eigenvalue weighted by molar-refractivity contribution is 8.00. The van der Waals surface area contributed by atoms with E-state index in [-0.39, 0.29) is 23.2 Å². The molecule has 1 aromatic rings. The summed E-state index contributed by atoms with van der Waals surface area (Å²) < 4.78 is 10.6. The fraction of sp³-hybridized carbons (Fsp3) is 0.556. The number of nitrogens with two attached hydrogens (primary N) is 1. The van der Waals surface area contributed by atoms with E-state index in [0.717, 1.165) is 12.0 Å². The Balaban J connectivity index is 1.76. The average molecular weight is 456 g/mol. The molecule has 1 fully saturated rings. The van der Waals surface area contributed by atoms with E-state index in [9.17, 15) is 9.59 Å². The molecule has 0 aliphatic carbocycles. The molecule has 1 amide bonds. The number of hydrogen-bond donors (Lipinski definition) is 2. The number of ether oxygens (including phenoxy) is 2. The van der Waals surface area contributed by atoms with Gasteiger partial charge in [0.2, 0.25) is 0 Å². The smallest absolute Gasteiger partial charge is 0.354 e. The molecule has 0 spiro atoms. The van der Waals surface area contributed by atoms with Gasteiger partial charge in [-0.2, -0.15) is 0 Å². The number of nitrogen functional groups attached to an aromatic ring is 1. The number of aromatic nitrogens is 1. The molecule has 30 heavy (non-hydrogen) atoms. The molecule has 2 aliphatic heterocycles. The molecule has 1 saturated heterocycles. The van der Waals surface area contributed by atoms with Crippen LogP contribution in [0.4, 0.5) is 5.13 Å². The first kappa shape index (κ1) is 22.4. The molecule has 0 radical (unpaired) electrons. The van der Waals surface area contributed by atoms with E-state index in [4.69, 9.17) is 20.0 Å². The van der Waals surface area contributed by atoms with E-state index in [1.165, 1.54) is 25.6 Å². The number of carbonyl (C=O) groups is 2. The van der Waals surface area contributed by atoms with Crippen molar-refractivity contribution in [2.75, 3.05) is 39.4 Å². The van der Waals surface area contributed by atoms with Crippen LogP contribution in [0.25, 0.3) is 0 Å². The summed E-state index contributed by atoms with van der Waals surface area (Å²) in [6.45, 7) is 2.48. The Morgan fingerprint density at radius 3 is 2.77 bits per heavy atom. The summed E-state index contributed by atoms with van der Waals surface area (Å²) in [6, 6.07) is -0.177. The van der Waals surface area contributed by atoms with Crippen molar-refractivity contribution < 1.29 is 23.9 Å². The first-order valence-corrected chi connectivity index (χ1v) is 11.2. The second-order valence-corrected chi connectivity index (χ2v) is 8.62. The van der Waals surface area contributed by atoms with Crippen LogP contribution in [0.15, 0.2) is 21.8 Å². The summed E-state index contributed by atoms with van der Waals surface area (Å²) in [5.41, 5.74) is 7.52. The number of thioether (sulfide) groups is 1. The zero-order valence-electron chi connectivity index (χ0n) is 17.2. The summed E-state index contributed by atoms with van der Waals surface area (Å²) in [5.74, 6) is -0.188. The Labute approximate surface area is 182 Å². The number of hydrogen-bond acceptors (Lipinski definition) is 11. The topological polar surface area (TPSA) is 128 Å². The van der Waals surface area contributed by atoms with Crippen LogP contribution >= 0.6 is 23.1 Å². The van der Waals surface area contributed by atoms with Crippen LogP contribution in [0.3, 0.4) is 0 Å². The van der Waals surface area contributed by atoms with Gasteiger partial charge < -0.3 is 30.3 Å². The maximum absolute atomic E-state index is 12.8. The van der Waals surface area contributed by atoms with Gasteiger partial charge in [0.1, 0.15) is 18.5 Å². The molecule has 3 N–H and O–H groups in total. The summed E-state index contributed by atoms with van der Waals surface area (Å²) in [4.78, 5) is 36.2. The maximum atomic E-state index is 12.8. The van der Waals surface area contributed by atoms with Crippen molar-refractivity contribution in [3.8, 4) is 0 Å². The van der Waals surface area contributed by atoms with Crippen molar-refractivity contribution in [2.24, 2.45) is 5.16 Å². The second kappa shape index (κ2) is 9.67. The Kier molecular flexibility index (Phi) is 7.21. The lowest BCUT2D eigenvalue weighted by Crippen LogP contribution is -2.67. The molecular formula is C18H25N5O5S2. The monoisotopic (exact) mass is 455 g/mol. The van der Waals surface area contributed by atoms with E-state index in [1.54, 1.807) is 24.3 Å². The van der Waals surface area contributed by atoms with Gasteiger partial charge in [-0.15, -0.1) is 23.1 Å². The number of oxime groups is 1. The van der Waals surface area contributed by atoms with E-state index in [0.29, 0.717) is 28.8 Å². The molecule has 164 valence electrons. The van der Waals surface area contributed by atoms with E-state index < -0.39 is 11.9 Å². The Morgan fingerprint density at radius 1 is 1.43 bits per heavy atom. The minimum absolute atomic E-state index is 0.0551. The van der Waals surface area contributed by atoms with Crippen LogP contribution in [-0.4, -0.2) is 78.6 Å². The van der Waals surface area contributed by atoms with Gasteiger partial charge in [0, 0.05) is 24.8 Å². The van der Waals surface area contributed by atoms with Crippen LogP contribution in [0, 0.1) is 0 Å². The summed E-state index contributed by atoms with van der Waals surface area (Å²) in [6.07, 6.45) is 0.593.